The van der Waals surface area contributed by atoms with Gasteiger partial charge < -0.3 is 9.80 Å². The first-order valence-corrected chi connectivity index (χ1v) is 8.55. The van der Waals surface area contributed by atoms with Crippen LogP contribution >= 0.6 is 31.9 Å². The minimum atomic E-state index is 0.0990. The fourth-order valence-corrected chi connectivity index (χ4v) is 3.96. The van der Waals surface area contributed by atoms with Gasteiger partial charge in [0.15, 0.2) is 0 Å². The standard InChI is InChI=1S/C15H20Br2N2O/c1-3-19-6-4-14(5-7-19)18(2)15(20)11-8-12(16)10-13(17)9-11/h8-10,14H,3-7H2,1-2H3. The maximum absolute atomic E-state index is 12.6. The predicted octanol–water partition coefficient (Wildman–Crippen LogP) is 3.77. The van der Waals surface area contributed by atoms with Crippen LogP contribution in [0.5, 0.6) is 0 Å². The van der Waals surface area contributed by atoms with Crippen molar-refractivity contribution in [3.05, 3.63) is 32.7 Å². The van der Waals surface area contributed by atoms with Gasteiger partial charge in [0.2, 0.25) is 0 Å². The maximum Gasteiger partial charge on any atom is 0.253 e. The molecule has 1 amide bonds. The zero-order valence-electron chi connectivity index (χ0n) is 11.9. The third-order valence-corrected chi connectivity index (χ3v) is 4.90. The van der Waals surface area contributed by atoms with Gasteiger partial charge in [-0.3, -0.25) is 4.79 Å². The molecule has 0 N–H and O–H groups in total. The molecule has 0 aromatic heterocycles. The van der Waals surface area contributed by atoms with Gasteiger partial charge in [-0.25, -0.2) is 0 Å². The molecule has 0 atom stereocenters. The summed E-state index contributed by atoms with van der Waals surface area (Å²) in [6.45, 7) is 5.46. The van der Waals surface area contributed by atoms with Crippen LogP contribution in [-0.4, -0.2) is 48.4 Å². The van der Waals surface area contributed by atoms with Crippen LogP contribution in [0.1, 0.15) is 30.1 Å². The number of hydrogen-bond acceptors (Lipinski definition) is 2. The van der Waals surface area contributed by atoms with E-state index in [9.17, 15) is 4.79 Å². The van der Waals surface area contributed by atoms with E-state index < -0.39 is 0 Å². The molecule has 5 heteroatoms. The quantitative estimate of drug-likeness (QED) is 0.766. The first-order chi connectivity index (χ1) is 9.51. The summed E-state index contributed by atoms with van der Waals surface area (Å²) >= 11 is 6.87. The van der Waals surface area contributed by atoms with Gasteiger partial charge >= 0.3 is 0 Å². The largest absolute Gasteiger partial charge is 0.339 e. The fraction of sp³-hybridized carbons (Fsp3) is 0.533. The molecule has 1 heterocycles. The summed E-state index contributed by atoms with van der Waals surface area (Å²) in [6, 6.07) is 6.05. The fourth-order valence-electron chi connectivity index (χ4n) is 2.67. The molecule has 0 radical (unpaired) electrons. The third kappa shape index (κ3) is 3.83. The van der Waals surface area contributed by atoms with E-state index >= 15 is 0 Å². The highest BCUT2D eigenvalue weighted by Crippen LogP contribution is 2.23. The van der Waals surface area contributed by atoms with Gasteiger partial charge in [0.1, 0.15) is 0 Å². The Labute approximate surface area is 137 Å². The van der Waals surface area contributed by atoms with Crippen molar-refractivity contribution in [2.75, 3.05) is 26.7 Å². The number of hydrogen-bond donors (Lipinski definition) is 0. The van der Waals surface area contributed by atoms with Crippen molar-refractivity contribution in [3.8, 4) is 0 Å². The number of carbonyl (C=O) groups excluding carboxylic acids is 1. The number of carbonyl (C=O) groups is 1. The number of rotatable bonds is 3. The molecule has 0 saturated carbocycles. The van der Waals surface area contributed by atoms with Crippen molar-refractivity contribution < 1.29 is 4.79 Å². The van der Waals surface area contributed by atoms with Gasteiger partial charge in [-0.2, -0.15) is 0 Å². The lowest BCUT2D eigenvalue weighted by Crippen LogP contribution is -2.45. The van der Waals surface area contributed by atoms with E-state index in [-0.39, 0.29) is 5.91 Å². The van der Waals surface area contributed by atoms with Crippen molar-refractivity contribution in [2.24, 2.45) is 0 Å². The molecule has 2 rings (SSSR count). The summed E-state index contributed by atoms with van der Waals surface area (Å²) < 4.78 is 1.84. The van der Waals surface area contributed by atoms with E-state index in [1.54, 1.807) is 0 Å². The Balaban J connectivity index is 2.05. The zero-order chi connectivity index (χ0) is 14.7. The average Bonchev–Trinajstić information content (AvgIpc) is 2.45. The lowest BCUT2D eigenvalue weighted by Gasteiger charge is -2.36. The summed E-state index contributed by atoms with van der Waals surface area (Å²) in [4.78, 5) is 16.9. The first kappa shape index (κ1) is 16.0. The van der Waals surface area contributed by atoms with Gasteiger partial charge in [0.05, 0.1) is 0 Å². The van der Waals surface area contributed by atoms with Crippen LogP contribution in [0.4, 0.5) is 0 Å². The second-order valence-electron chi connectivity index (χ2n) is 5.24. The Bertz CT molecular complexity index is 465. The summed E-state index contributed by atoms with van der Waals surface area (Å²) in [5.41, 5.74) is 0.728. The Morgan fingerprint density at radius 3 is 2.30 bits per heavy atom. The van der Waals surface area contributed by atoms with E-state index in [1.807, 2.05) is 30.1 Å². The second kappa shape index (κ2) is 7.05. The maximum atomic E-state index is 12.6. The number of amides is 1. The van der Waals surface area contributed by atoms with Crippen LogP contribution in [0.3, 0.4) is 0 Å². The van der Waals surface area contributed by atoms with Crippen molar-refractivity contribution >= 4 is 37.8 Å². The van der Waals surface area contributed by atoms with E-state index in [1.165, 1.54) is 0 Å². The molecule has 1 aliphatic heterocycles. The molecule has 1 aromatic carbocycles. The molecule has 3 nitrogen and oxygen atoms in total. The molecule has 0 unspecified atom stereocenters. The monoisotopic (exact) mass is 402 g/mol. The van der Waals surface area contributed by atoms with Gasteiger partial charge in [-0.1, -0.05) is 38.8 Å². The van der Waals surface area contributed by atoms with Crippen LogP contribution in [0.25, 0.3) is 0 Å². The van der Waals surface area contributed by atoms with Crippen LogP contribution in [0, 0.1) is 0 Å². The normalized spacial score (nSPS) is 17.2. The molecule has 0 bridgehead atoms. The summed E-state index contributed by atoms with van der Waals surface area (Å²) in [6.07, 6.45) is 2.12. The molecule has 20 heavy (non-hydrogen) atoms. The molecule has 0 aliphatic carbocycles. The number of benzene rings is 1. The molecule has 1 aliphatic rings. The number of nitrogens with zero attached hydrogens (tertiary/aromatic N) is 2. The third-order valence-electron chi connectivity index (χ3n) is 3.98. The van der Waals surface area contributed by atoms with Crippen molar-refractivity contribution in [1.29, 1.82) is 0 Å². The van der Waals surface area contributed by atoms with Crippen molar-refractivity contribution in [1.82, 2.24) is 9.80 Å². The Morgan fingerprint density at radius 2 is 1.80 bits per heavy atom. The molecular formula is C15H20Br2N2O. The molecule has 1 fully saturated rings. The van der Waals surface area contributed by atoms with E-state index in [2.05, 4.69) is 43.7 Å². The molecule has 1 saturated heterocycles. The van der Waals surface area contributed by atoms with Crippen molar-refractivity contribution in [3.63, 3.8) is 0 Å². The van der Waals surface area contributed by atoms with E-state index in [0.29, 0.717) is 6.04 Å². The van der Waals surface area contributed by atoms with Crippen LogP contribution < -0.4 is 0 Å². The highest BCUT2D eigenvalue weighted by molar-refractivity contribution is 9.11. The number of halogens is 2. The molecular weight excluding hydrogens is 384 g/mol. The van der Waals surface area contributed by atoms with Crippen LogP contribution in [0.15, 0.2) is 27.1 Å². The van der Waals surface area contributed by atoms with Crippen molar-refractivity contribution in [2.45, 2.75) is 25.8 Å². The lowest BCUT2D eigenvalue weighted by atomic mass is 10.0. The smallest absolute Gasteiger partial charge is 0.253 e. The Kier molecular flexibility index (Phi) is 5.64. The average molecular weight is 404 g/mol. The highest BCUT2D eigenvalue weighted by atomic mass is 79.9. The zero-order valence-corrected chi connectivity index (χ0v) is 15.1. The van der Waals surface area contributed by atoms with Crippen LogP contribution in [-0.2, 0) is 0 Å². The Hall–Kier alpha value is -0.390. The van der Waals surface area contributed by atoms with Gasteiger partial charge in [-0.15, -0.1) is 0 Å². The topological polar surface area (TPSA) is 23.6 Å². The lowest BCUT2D eigenvalue weighted by molar-refractivity contribution is 0.0646. The first-order valence-electron chi connectivity index (χ1n) is 6.97. The predicted molar refractivity (Wildman–Crippen MR) is 89.1 cm³/mol. The van der Waals surface area contributed by atoms with Crippen LogP contribution in [0.2, 0.25) is 0 Å². The number of piperidine rings is 1. The summed E-state index contributed by atoms with van der Waals surface area (Å²) in [5, 5.41) is 0. The SMILES string of the molecule is CCN1CCC(N(C)C(=O)c2cc(Br)cc(Br)c2)CC1. The van der Waals surface area contributed by atoms with Gasteiger partial charge in [0.25, 0.3) is 5.91 Å². The minimum Gasteiger partial charge on any atom is -0.339 e. The van der Waals surface area contributed by atoms with E-state index in [0.717, 1.165) is 47.0 Å². The molecule has 1 aromatic rings. The number of likely N-dealkylation sites (tertiary alicyclic amines) is 1. The highest BCUT2D eigenvalue weighted by Gasteiger charge is 2.25. The summed E-state index contributed by atoms with van der Waals surface area (Å²) in [7, 11) is 1.92. The molecule has 110 valence electrons. The summed E-state index contributed by atoms with van der Waals surface area (Å²) in [5.74, 6) is 0.0990. The Morgan fingerprint density at radius 1 is 1.25 bits per heavy atom. The molecule has 0 spiro atoms. The second-order valence-corrected chi connectivity index (χ2v) is 7.07. The minimum absolute atomic E-state index is 0.0990. The van der Waals surface area contributed by atoms with Gasteiger partial charge in [-0.05, 0) is 37.6 Å². The van der Waals surface area contributed by atoms with E-state index in [4.69, 9.17) is 0 Å². The van der Waals surface area contributed by atoms with Gasteiger partial charge in [0, 0.05) is 40.7 Å².